The van der Waals surface area contributed by atoms with Crippen molar-refractivity contribution in [1.82, 2.24) is 0 Å². The summed E-state index contributed by atoms with van der Waals surface area (Å²) in [5.74, 6) is 0. The minimum atomic E-state index is -0.315. The topological polar surface area (TPSA) is 30.2 Å². The van der Waals surface area contributed by atoms with E-state index in [4.69, 9.17) is 4.42 Å². The van der Waals surface area contributed by atoms with Crippen LogP contribution in [-0.2, 0) is 0 Å². The fourth-order valence-electron chi connectivity index (χ4n) is 1.90. The van der Waals surface area contributed by atoms with E-state index in [0.717, 1.165) is 22.1 Å². The molecule has 2 aromatic rings. The molecule has 0 aliphatic carbocycles. The molecule has 0 amide bonds. The van der Waals surface area contributed by atoms with E-state index in [0.29, 0.717) is 10.1 Å². The lowest BCUT2D eigenvalue weighted by Crippen LogP contribution is -2.03. The van der Waals surface area contributed by atoms with Gasteiger partial charge in [0, 0.05) is 5.39 Å². The number of hydrogen-bond acceptors (Lipinski definition) is 2. The van der Waals surface area contributed by atoms with Gasteiger partial charge in [0.15, 0.2) is 0 Å². The van der Waals surface area contributed by atoms with Gasteiger partial charge < -0.3 is 4.42 Å². The van der Waals surface area contributed by atoms with Crippen molar-refractivity contribution in [3.63, 3.8) is 0 Å². The Kier molecular flexibility index (Phi) is 2.43. The predicted octanol–water partition coefficient (Wildman–Crippen LogP) is 3.48. The highest BCUT2D eigenvalue weighted by Gasteiger charge is 2.10. The van der Waals surface area contributed by atoms with Gasteiger partial charge in [-0.25, -0.2) is 4.79 Å². The number of fused-ring (bicyclic) bond motifs is 1. The molecule has 3 heteroatoms. The predicted molar refractivity (Wildman–Crippen MR) is 64.4 cm³/mol. The van der Waals surface area contributed by atoms with Crippen LogP contribution in [0.5, 0.6) is 0 Å². The molecule has 0 unspecified atom stereocenters. The van der Waals surface area contributed by atoms with E-state index in [1.165, 1.54) is 0 Å². The van der Waals surface area contributed by atoms with E-state index in [1.807, 2.05) is 26.8 Å². The van der Waals surface area contributed by atoms with Gasteiger partial charge in [-0.1, -0.05) is 6.07 Å². The lowest BCUT2D eigenvalue weighted by Gasteiger charge is -2.07. The second kappa shape index (κ2) is 3.49. The number of halogens is 1. The summed E-state index contributed by atoms with van der Waals surface area (Å²) < 4.78 is 5.75. The van der Waals surface area contributed by atoms with E-state index in [1.54, 1.807) is 0 Å². The molecular formula is C12H11BrO2. The SMILES string of the molecule is Cc1cc(C)c2c(C)c(Br)c(=O)oc2c1. The summed E-state index contributed by atoms with van der Waals surface area (Å²) in [4.78, 5) is 11.5. The van der Waals surface area contributed by atoms with Crippen molar-refractivity contribution in [2.24, 2.45) is 0 Å². The second-order valence-electron chi connectivity index (χ2n) is 3.78. The van der Waals surface area contributed by atoms with Gasteiger partial charge in [0.1, 0.15) is 10.1 Å². The lowest BCUT2D eigenvalue weighted by molar-refractivity contribution is 0.554. The minimum Gasteiger partial charge on any atom is -0.422 e. The quantitative estimate of drug-likeness (QED) is 0.684. The monoisotopic (exact) mass is 266 g/mol. The lowest BCUT2D eigenvalue weighted by atomic mass is 10.0. The maximum Gasteiger partial charge on any atom is 0.350 e. The Labute approximate surface area is 96.0 Å². The molecule has 15 heavy (non-hydrogen) atoms. The third-order valence-electron chi connectivity index (χ3n) is 2.53. The average molecular weight is 267 g/mol. The fraction of sp³-hybridized carbons (Fsp3) is 0.250. The Balaban J connectivity index is 3.05. The van der Waals surface area contributed by atoms with Crippen molar-refractivity contribution >= 4 is 26.9 Å². The number of rotatable bonds is 0. The smallest absolute Gasteiger partial charge is 0.350 e. The van der Waals surface area contributed by atoms with Crippen molar-refractivity contribution in [2.75, 3.05) is 0 Å². The molecule has 0 N–H and O–H groups in total. The van der Waals surface area contributed by atoms with Crippen molar-refractivity contribution in [2.45, 2.75) is 20.8 Å². The van der Waals surface area contributed by atoms with Crippen molar-refractivity contribution in [3.8, 4) is 0 Å². The van der Waals surface area contributed by atoms with Crippen LogP contribution >= 0.6 is 15.9 Å². The highest BCUT2D eigenvalue weighted by atomic mass is 79.9. The highest BCUT2D eigenvalue weighted by molar-refractivity contribution is 9.10. The summed E-state index contributed by atoms with van der Waals surface area (Å²) in [6.45, 7) is 5.93. The summed E-state index contributed by atoms with van der Waals surface area (Å²) in [6, 6.07) is 3.98. The highest BCUT2D eigenvalue weighted by Crippen LogP contribution is 2.26. The summed E-state index contributed by atoms with van der Waals surface area (Å²) in [5.41, 5.74) is 3.53. The zero-order valence-corrected chi connectivity index (χ0v) is 10.4. The third-order valence-corrected chi connectivity index (χ3v) is 3.45. The molecule has 0 aliphatic heterocycles. The average Bonchev–Trinajstić information content (AvgIpc) is 2.13. The Morgan fingerprint density at radius 2 is 1.87 bits per heavy atom. The first-order chi connectivity index (χ1) is 7.00. The van der Waals surface area contributed by atoms with Crippen LogP contribution in [0.15, 0.2) is 25.8 Å². The summed E-state index contributed by atoms with van der Waals surface area (Å²) >= 11 is 3.25. The molecule has 0 aliphatic rings. The van der Waals surface area contributed by atoms with Crippen LogP contribution in [0.1, 0.15) is 16.7 Å². The van der Waals surface area contributed by atoms with Crippen molar-refractivity contribution < 1.29 is 4.42 Å². The molecule has 0 radical (unpaired) electrons. The van der Waals surface area contributed by atoms with E-state index < -0.39 is 0 Å². The minimum absolute atomic E-state index is 0.315. The van der Waals surface area contributed by atoms with Gasteiger partial charge in [-0.15, -0.1) is 0 Å². The molecular weight excluding hydrogens is 256 g/mol. The van der Waals surface area contributed by atoms with Gasteiger partial charge in [0.05, 0.1) is 0 Å². The standard InChI is InChI=1S/C12H11BrO2/c1-6-4-7(2)10-8(3)11(13)12(14)15-9(10)5-6/h4-5H,1-3H3. The van der Waals surface area contributed by atoms with Gasteiger partial charge in [-0.05, 0) is 59.5 Å². The first-order valence-electron chi connectivity index (χ1n) is 4.71. The van der Waals surface area contributed by atoms with Crippen LogP contribution in [-0.4, -0.2) is 0 Å². The molecule has 0 atom stereocenters. The van der Waals surface area contributed by atoms with Crippen LogP contribution in [0.4, 0.5) is 0 Å². The Morgan fingerprint density at radius 3 is 2.53 bits per heavy atom. The van der Waals surface area contributed by atoms with Crippen LogP contribution < -0.4 is 5.63 Å². The summed E-state index contributed by atoms with van der Waals surface area (Å²) in [7, 11) is 0. The first-order valence-corrected chi connectivity index (χ1v) is 5.50. The first kappa shape index (κ1) is 10.4. The fourth-order valence-corrected chi connectivity index (χ4v) is 2.18. The van der Waals surface area contributed by atoms with Crippen LogP contribution in [0.3, 0.4) is 0 Å². The number of benzene rings is 1. The van der Waals surface area contributed by atoms with Gasteiger partial charge >= 0.3 is 5.63 Å². The molecule has 1 heterocycles. The van der Waals surface area contributed by atoms with Crippen LogP contribution in [0, 0.1) is 20.8 Å². The van der Waals surface area contributed by atoms with Crippen molar-refractivity contribution in [3.05, 3.63) is 43.7 Å². The molecule has 0 saturated heterocycles. The van der Waals surface area contributed by atoms with Crippen LogP contribution in [0.2, 0.25) is 0 Å². The normalized spacial score (nSPS) is 10.9. The maximum absolute atomic E-state index is 11.5. The second-order valence-corrected chi connectivity index (χ2v) is 4.58. The molecule has 0 spiro atoms. The van der Waals surface area contributed by atoms with E-state index in [-0.39, 0.29) is 5.63 Å². The molecule has 2 nitrogen and oxygen atoms in total. The molecule has 2 rings (SSSR count). The summed E-state index contributed by atoms with van der Waals surface area (Å²) in [6.07, 6.45) is 0. The van der Waals surface area contributed by atoms with Crippen LogP contribution in [0.25, 0.3) is 11.0 Å². The maximum atomic E-state index is 11.5. The Hall–Kier alpha value is -1.09. The number of hydrogen-bond donors (Lipinski definition) is 0. The summed E-state index contributed by atoms with van der Waals surface area (Å²) in [5, 5.41) is 1.02. The molecule has 0 fully saturated rings. The molecule has 1 aromatic carbocycles. The van der Waals surface area contributed by atoms with E-state index in [2.05, 4.69) is 22.0 Å². The van der Waals surface area contributed by atoms with E-state index in [9.17, 15) is 4.79 Å². The molecule has 0 saturated carbocycles. The largest absolute Gasteiger partial charge is 0.422 e. The van der Waals surface area contributed by atoms with Crippen molar-refractivity contribution in [1.29, 1.82) is 0 Å². The molecule has 1 aromatic heterocycles. The van der Waals surface area contributed by atoms with Gasteiger partial charge in [0.2, 0.25) is 0 Å². The van der Waals surface area contributed by atoms with Gasteiger partial charge in [0.25, 0.3) is 0 Å². The Morgan fingerprint density at radius 1 is 1.20 bits per heavy atom. The van der Waals surface area contributed by atoms with E-state index >= 15 is 0 Å². The molecule has 78 valence electrons. The van der Waals surface area contributed by atoms with Gasteiger partial charge in [-0.3, -0.25) is 0 Å². The van der Waals surface area contributed by atoms with Gasteiger partial charge in [-0.2, -0.15) is 0 Å². The zero-order valence-electron chi connectivity index (χ0n) is 8.85. The molecule has 0 bridgehead atoms. The third kappa shape index (κ3) is 1.61. The number of aryl methyl sites for hydroxylation is 3. The zero-order chi connectivity index (χ0) is 11.2. The Bertz CT molecular complexity index is 597.